The van der Waals surface area contributed by atoms with Crippen molar-refractivity contribution in [2.24, 2.45) is 27.0 Å². The maximum absolute atomic E-state index is 14.6. The van der Waals surface area contributed by atoms with E-state index in [0.717, 1.165) is 44.8 Å². The van der Waals surface area contributed by atoms with Crippen LogP contribution in [0.3, 0.4) is 0 Å². The summed E-state index contributed by atoms with van der Waals surface area (Å²) in [6, 6.07) is 15.8. The number of carbonyl (C=O) groups excluding carboxylic acids is 8. The first-order chi connectivity index (χ1) is 35.9. The van der Waals surface area contributed by atoms with E-state index in [1.807, 2.05) is 90.1 Å². The molecule has 2 heterocycles. The monoisotopic (exact) mass is 1090 g/mol. The molecule has 2 aliphatic rings. The Kier molecular flexibility index (Phi) is 22.1. The number of Topliss-reactive ketones (excluding diaryl/α,β-unsaturated/α-hetero) is 1. The van der Waals surface area contributed by atoms with Crippen LogP contribution in [0.1, 0.15) is 106 Å². The van der Waals surface area contributed by atoms with Crippen molar-refractivity contribution in [1.82, 2.24) is 47.0 Å². The Balaban J connectivity index is 1.32. The Morgan fingerprint density at radius 3 is 1.49 bits per heavy atom. The summed E-state index contributed by atoms with van der Waals surface area (Å²) in [4.78, 5) is 116. The van der Waals surface area contributed by atoms with E-state index in [4.69, 9.17) is 10.3 Å². The van der Waals surface area contributed by atoms with Gasteiger partial charge in [-0.3, -0.25) is 48.6 Å². The molecule has 76 heavy (non-hydrogen) atoms. The first kappa shape index (κ1) is 61.0. The summed E-state index contributed by atoms with van der Waals surface area (Å²) in [5.41, 5.74) is 0.899. The molecule has 0 spiro atoms. The lowest BCUT2D eigenvalue weighted by molar-refractivity contribution is -0.144. The molecule has 414 valence electrons. The lowest BCUT2D eigenvalue weighted by atomic mass is 9.85. The van der Waals surface area contributed by atoms with Crippen LogP contribution >= 0.6 is 23.9 Å². The lowest BCUT2D eigenvalue weighted by Gasteiger charge is -2.36. The van der Waals surface area contributed by atoms with E-state index in [2.05, 4.69) is 37.2 Å². The summed E-state index contributed by atoms with van der Waals surface area (Å²) >= 11 is 2.28. The van der Waals surface area contributed by atoms with Gasteiger partial charge in [-0.15, -0.1) is 0 Å². The molecule has 11 N–H and O–H groups in total. The third-order valence-electron chi connectivity index (χ3n) is 14.1. The Hall–Kier alpha value is -5.84. The number of rotatable bonds is 23. The first-order valence-electron chi connectivity index (χ1n) is 25.9. The number of ketones is 1. The SMILES string of the molecule is CNC(C)C(=O)NC(C(=O)N1CC(CC(=O)c2cccc(C(=O)NC3CC(C(=O)NCCc4ccc(SN)cc4)N(C(=O)C(NC(=O)C(C)NC)C(C)(C)C)C3)c2)CC1C(=O)NCCc1ccc(SN)cc1)C(C)(C)C. The van der Waals surface area contributed by atoms with Crippen LogP contribution in [0, 0.1) is 16.7 Å². The Labute approximate surface area is 456 Å². The third kappa shape index (κ3) is 16.6. The molecule has 0 saturated carbocycles. The van der Waals surface area contributed by atoms with Gasteiger partial charge in [0.2, 0.25) is 35.4 Å². The van der Waals surface area contributed by atoms with Crippen molar-refractivity contribution in [2.75, 3.05) is 40.3 Å². The second-order valence-electron chi connectivity index (χ2n) is 22.0. The fourth-order valence-electron chi connectivity index (χ4n) is 9.27. The van der Waals surface area contributed by atoms with E-state index in [-0.39, 0.29) is 73.5 Å². The average molecular weight is 1090 g/mol. The van der Waals surface area contributed by atoms with Crippen LogP contribution < -0.4 is 47.5 Å². The third-order valence-corrected chi connectivity index (χ3v) is 15.2. The van der Waals surface area contributed by atoms with Crippen molar-refractivity contribution < 1.29 is 38.4 Å². The normalized spacial score (nSPS) is 19.2. The molecule has 7 amide bonds. The summed E-state index contributed by atoms with van der Waals surface area (Å²) in [7, 11) is 3.29. The molecule has 0 aliphatic carbocycles. The van der Waals surface area contributed by atoms with Crippen LogP contribution in [0.2, 0.25) is 0 Å². The van der Waals surface area contributed by atoms with Crippen LogP contribution in [0.4, 0.5) is 0 Å². The molecule has 8 atom stereocenters. The number of likely N-dealkylation sites (N-methyl/N-ethyl adjacent to an activating group) is 2. The van der Waals surface area contributed by atoms with Crippen LogP contribution in [-0.2, 0) is 41.6 Å². The van der Waals surface area contributed by atoms with Crippen molar-refractivity contribution in [1.29, 1.82) is 0 Å². The van der Waals surface area contributed by atoms with E-state index in [1.54, 1.807) is 46.1 Å². The minimum Gasteiger partial charge on any atom is -0.354 e. The van der Waals surface area contributed by atoms with Gasteiger partial charge in [0, 0.05) is 59.6 Å². The van der Waals surface area contributed by atoms with Crippen molar-refractivity contribution in [2.45, 2.75) is 140 Å². The van der Waals surface area contributed by atoms with E-state index in [0.29, 0.717) is 19.4 Å². The molecule has 8 unspecified atom stereocenters. The fourth-order valence-corrected chi connectivity index (χ4v) is 9.86. The minimum absolute atomic E-state index is 0.0232. The van der Waals surface area contributed by atoms with E-state index in [1.165, 1.54) is 15.9 Å². The van der Waals surface area contributed by atoms with Crippen molar-refractivity contribution in [3.63, 3.8) is 0 Å². The molecule has 2 saturated heterocycles. The molecular weight excluding hydrogens is 1010 g/mol. The number of carbonyl (C=O) groups is 8. The molecule has 21 heteroatoms. The van der Waals surface area contributed by atoms with Gasteiger partial charge in [0.05, 0.1) is 12.1 Å². The highest BCUT2D eigenvalue weighted by atomic mass is 32.2. The summed E-state index contributed by atoms with van der Waals surface area (Å²) in [6.45, 7) is 15.0. The standard InChI is InChI=1S/C55H79N11O8S2/c1-32(58-9)47(68)63-45(54(3,4)5)52(73)65-30-36(26-42(65)50(71)60-24-22-34-14-18-40(75-56)19-15-34)27-44(67)37-12-11-13-38(28-37)49(70)62-39-29-43(51(72)61-25-23-35-16-20-41(76-57)21-17-35)66(31-39)53(74)46(55(6,7)8)64-48(69)33(2)59-10/h11-21,28,32-33,36,39,42-43,45-46,58-59H,22-27,29-31,56-57H2,1-10H3,(H,60,71)(H,61,72)(H,62,70)(H,63,68)(H,64,69). The van der Waals surface area contributed by atoms with Gasteiger partial charge in [-0.25, -0.2) is 0 Å². The number of hydrogen-bond donors (Lipinski definition) is 9. The molecule has 2 aliphatic heterocycles. The smallest absolute Gasteiger partial charge is 0.251 e. The summed E-state index contributed by atoms with van der Waals surface area (Å²) in [6.07, 6.45) is 1.28. The number of nitrogens with two attached hydrogens (primary N) is 2. The first-order valence-corrected chi connectivity index (χ1v) is 27.6. The summed E-state index contributed by atoms with van der Waals surface area (Å²) in [5, 5.41) is 31.9. The minimum atomic E-state index is -1.00. The molecule has 5 rings (SSSR count). The van der Waals surface area contributed by atoms with Crippen LogP contribution in [-0.4, -0.2) is 140 Å². The Morgan fingerprint density at radius 1 is 0.618 bits per heavy atom. The van der Waals surface area contributed by atoms with Crippen LogP contribution in [0.15, 0.2) is 82.6 Å². The molecule has 0 bridgehead atoms. The maximum atomic E-state index is 14.6. The molecule has 3 aromatic rings. The Bertz CT molecular complexity index is 2370. The van der Waals surface area contributed by atoms with Gasteiger partial charge >= 0.3 is 0 Å². The zero-order valence-corrected chi connectivity index (χ0v) is 47.2. The Morgan fingerprint density at radius 2 is 1.05 bits per heavy atom. The van der Waals surface area contributed by atoms with E-state index in [9.17, 15) is 38.4 Å². The van der Waals surface area contributed by atoms with Gasteiger partial charge in [0.1, 0.15) is 24.2 Å². The molecule has 0 aromatic heterocycles. The average Bonchev–Trinajstić information content (AvgIpc) is 4.03. The van der Waals surface area contributed by atoms with Gasteiger partial charge in [-0.2, -0.15) is 0 Å². The topological polar surface area (TPSA) is 279 Å². The van der Waals surface area contributed by atoms with Gasteiger partial charge in [-0.1, -0.05) is 77.9 Å². The maximum Gasteiger partial charge on any atom is 0.251 e. The number of likely N-dealkylation sites (tertiary alicyclic amines) is 2. The number of nitrogens with one attached hydrogen (secondary N) is 7. The largest absolute Gasteiger partial charge is 0.354 e. The number of benzene rings is 3. The van der Waals surface area contributed by atoms with Crippen molar-refractivity contribution in [3.05, 3.63) is 95.1 Å². The number of nitrogens with zero attached hydrogens (tertiary/aromatic N) is 2. The molecule has 0 radical (unpaired) electrons. The van der Waals surface area contributed by atoms with Crippen LogP contribution in [0.5, 0.6) is 0 Å². The van der Waals surface area contributed by atoms with Crippen molar-refractivity contribution >= 4 is 71.0 Å². The van der Waals surface area contributed by atoms with Gasteiger partial charge in [0.25, 0.3) is 5.91 Å². The van der Waals surface area contributed by atoms with Crippen LogP contribution in [0.25, 0.3) is 0 Å². The van der Waals surface area contributed by atoms with Gasteiger partial charge < -0.3 is 47.0 Å². The lowest BCUT2D eigenvalue weighted by Crippen LogP contribution is -2.59. The van der Waals surface area contributed by atoms with E-state index < -0.39 is 82.7 Å². The zero-order valence-electron chi connectivity index (χ0n) is 45.5. The molecule has 19 nitrogen and oxygen atoms in total. The van der Waals surface area contributed by atoms with E-state index >= 15 is 0 Å². The second-order valence-corrected chi connectivity index (χ2v) is 23.4. The van der Waals surface area contributed by atoms with Crippen molar-refractivity contribution in [3.8, 4) is 0 Å². The predicted molar refractivity (Wildman–Crippen MR) is 297 cm³/mol. The highest BCUT2D eigenvalue weighted by Crippen LogP contribution is 2.32. The second kappa shape index (κ2) is 27.5. The highest BCUT2D eigenvalue weighted by Gasteiger charge is 2.47. The number of amides is 7. The molecular formula is C55H79N11O8S2. The van der Waals surface area contributed by atoms with Gasteiger partial charge in [-0.05, 0) is 142 Å². The summed E-state index contributed by atoms with van der Waals surface area (Å²) in [5.74, 6) is -3.71. The van der Waals surface area contributed by atoms with Gasteiger partial charge in [0.15, 0.2) is 5.78 Å². The molecule has 3 aromatic carbocycles. The zero-order chi connectivity index (χ0) is 56.1. The fraction of sp³-hybridized carbons (Fsp3) is 0.527. The molecule has 2 fully saturated rings. The number of hydrogen-bond acceptors (Lipinski definition) is 14. The predicted octanol–water partition coefficient (Wildman–Crippen LogP) is 3.10. The quantitative estimate of drug-likeness (QED) is 0.0488. The summed E-state index contributed by atoms with van der Waals surface area (Å²) < 4.78 is 0. The highest BCUT2D eigenvalue weighted by molar-refractivity contribution is 7.97.